The Morgan fingerprint density at radius 3 is 2.00 bits per heavy atom. The lowest BCUT2D eigenvalue weighted by Gasteiger charge is -2.31. The molecule has 0 heteroatoms. The number of rotatable bonds is 3. The number of hydrogen-bond donors (Lipinski definition) is 0. The summed E-state index contributed by atoms with van der Waals surface area (Å²) < 4.78 is 0. The van der Waals surface area contributed by atoms with Crippen LogP contribution in [-0.4, -0.2) is 0 Å². The number of allylic oxidation sites excluding steroid dienone is 4. The molecule has 0 nitrogen and oxygen atoms in total. The quantitative estimate of drug-likeness (QED) is 0.533. The minimum Gasteiger partial charge on any atom is -0.0668 e. The second-order valence-corrected chi connectivity index (χ2v) is 9.15. The van der Waals surface area contributed by atoms with Gasteiger partial charge < -0.3 is 0 Å². The molecule has 0 saturated heterocycles. The normalized spacial score (nSPS) is 19.4. The van der Waals surface area contributed by atoms with Crippen LogP contribution < -0.4 is 0 Å². The van der Waals surface area contributed by atoms with Gasteiger partial charge in [0.15, 0.2) is 0 Å². The van der Waals surface area contributed by atoms with E-state index in [4.69, 9.17) is 0 Å². The first-order chi connectivity index (χ1) is 9.00. The van der Waals surface area contributed by atoms with E-state index in [-0.39, 0.29) is 0 Å². The molecule has 0 spiro atoms. The van der Waals surface area contributed by atoms with Crippen LogP contribution in [0.3, 0.4) is 0 Å². The Kier molecular flexibility index (Phi) is 5.70. The van der Waals surface area contributed by atoms with Crippen LogP contribution in [-0.2, 0) is 0 Å². The summed E-state index contributed by atoms with van der Waals surface area (Å²) in [6.45, 7) is 18.9. The van der Waals surface area contributed by atoms with E-state index in [0.717, 1.165) is 11.8 Å². The molecule has 0 bridgehead atoms. The molecule has 0 saturated carbocycles. The maximum atomic E-state index is 2.46. The van der Waals surface area contributed by atoms with Crippen molar-refractivity contribution in [2.75, 3.05) is 0 Å². The van der Waals surface area contributed by atoms with Gasteiger partial charge in [-0.3, -0.25) is 0 Å². The fourth-order valence-corrected chi connectivity index (χ4v) is 3.25. The van der Waals surface area contributed by atoms with E-state index in [9.17, 15) is 0 Å². The molecule has 0 aromatic rings. The third kappa shape index (κ3) is 5.46. The van der Waals surface area contributed by atoms with Gasteiger partial charge in [-0.05, 0) is 48.3 Å². The summed E-state index contributed by atoms with van der Waals surface area (Å²) in [6.07, 6.45) is 10.1. The summed E-state index contributed by atoms with van der Waals surface area (Å²) >= 11 is 0. The van der Waals surface area contributed by atoms with Crippen LogP contribution in [0.5, 0.6) is 0 Å². The second-order valence-electron chi connectivity index (χ2n) is 9.15. The van der Waals surface area contributed by atoms with E-state index in [0.29, 0.717) is 10.8 Å². The summed E-state index contributed by atoms with van der Waals surface area (Å²) in [4.78, 5) is 0. The molecule has 1 aliphatic rings. The molecular weight excluding hydrogens is 240 g/mol. The fraction of sp³-hybridized carbons (Fsp3) is 0.800. The highest BCUT2D eigenvalue weighted by Crippen LogP contribution is 2.39. The largest absolute Gasteiger partial charge is 0.0668 e. The molecule has 20 heavy (non-hydrogen) atoms. The van der Waals surface area contributed by atoms with Crippen LogP contribution in [0, 0.1) is 22.7 Å². The molecule has 0 heterocycles. The third-order valence-corrected chi connectivity index (χ3v) is 4.49. The van der Waals surface area contributed by atoms with Crippen molar-refractivity contribution in [3.63, 3.8) is 0 Å². The number of hydrogen-bond acceptors (Lipinski definition) is 0. The van der Waals surface area contributed by atoms with Gasteiger partial charge in [-0.2, -0.15) is 0 Å². The Labute approximate surface area is 127 Å². The minimum absolute atomic E-state index is 0.323. The highest BCUT2D eigenvalue weighted by Gasteiger charge is 2.26. The van der Waals surface area contributed by atoms with Crippen molar-refractivity contribution in [3.05, 3.63) is 23.3 Å². The average molecular weight is 277 g/mol. The van der Waals surface area contributed by atoms with Crippen molar-refractivity contribution in [3.8, 4) is 0 Å². The minimum atomic E-state index is 0.323. The zero-order valence-electron chi connectivity index (χ0n) is 15.1. The van der Waals surface area contributed by atoms with Gasteiger partial charge in [-0.25, -0.2) is 0 Å². The Hall–Kier alpha value is -0.520. The molecule has 0 radical (unpaired) electrons. The molecule has 0 fully saturated rings. The lowest BCUT2D eigenvalue weighted by atomic mass is 9.75. The Morgan fingerprint density at radius 2 is 1.55 bits per heavy atom. The van der Waals surface area contributed by atoms with Gasteiger partial charge >= 0.3 is 0 Å². The van der Waals surface area contributed by atoms with E-state index in [2.05, 4.69) is 67.5 Å². The fourth-order valence-electron chi connectivity index (χ4n) is 3.25. The maximum Gasteiger partial charge on any atom is -0.0170 e. The van der Waals surface area contributed by atoms with Gasteiger partial charge in [0.25, 0.3) is 0 Å². The lowest BCUT2D eigenvalue weighted by Crippen LogP contribution is -2.19. The lowest BCUT2D eigenvalue weighted by molar-refractivity contribution is 0.268. The van der Waals surface area contributed by atoms with Gasteiger partial charge in [-0.15, -0.1) is 0 Å². The summed E-state index contributed by atoms with van der Waals surface area (Å²) in [6, 6.07) is 0. The SMILES string of the molecule is CC(C)C(CC(C)(C)C)C1=CC=C(C(C)(C)C)CCC1. The molecule has 0 aromatic heterocycles. The van der Waals surface area contributed by atoms with E-state index in [1.165, 1.54) is 25.7 Å². The summed E-state index contributed by atoms with van der Waals surface area (Å²) in [5.74, 6) is 1.48. The van der Waals surface area contributed by atoms with Crippen LogP contribution in [0.4, 0.5) is 0 Å². The van der Waals surface area contributed by atoms with E-state index < -0.39 is 0 Å². The zero-order chi connectivity index (χ0) is 15.6. The van der Waals surface area contributed by atoms with Gasteiger partial charge in [0, 0.05) is 0 Å². The van der Waals surface area contributed by atoms with Crippen molar-refractivity contribution in [1.29, 1.82) is 0 Å². The first-order valence-corrected chi connectivity index (χ1v) is 8.41. The average Bonchev–Trinajstić information content (AvgIpc) is 2.48. The van der Waals surface area contributed by atoms with Crippen molar-refractivity contribution >= 4 is 0 Å². The van der Waals surface area contributed by atoms with Crippen molar-refractivity contribution in [2.24, 2.45) is 22.7 Å². The van der Waals surface area contributed by atoms with Crippen LogP contribution in [0.1, 0.15) is 81.1 Å². The predicted octanol–water partition coefficient (Wildman–Crippen LogP) is 6.78. The Bertz CT molecular complexity index is 366. The topological polar surface area (TPSA) is 0 Å². The van der Waals surface area contributed by atoms with Crippen molar-refractivity contribution in [2.45, 2.75) is 81.1 Å². The zero-order valence-corrected chi connectivity index (χ0v) is 15.1. The third-order valence-electron chi connectivity index (χ3n) is 4.49. The first kappa shape index (κ1) is 17.5. The van der Waals surface area contributed by atoms with Crippen LogP contribution in [0.25, 0.3) is 0 Å². The van der Waals surface area contributed by atoms with E-state index >= 15 is 0 Å². The molecule has 1 unspecified atom stereocenters. The Morgan fingerprint density at radius 1 is 0.950 bits per heavy atom. The van der Waals surface area contributed by atoms with Gasteiger partial charge in [0.05, 0.1) is 0 Å². The molecule has 0 aliphatic heterocycles. The van der Waals surface area contributed by atoms with Gasteiger partial charge in [0.2, 0.25) is 0 Å². The first-order valence-electron chi connectivity index (χ1n) is 8.41. The molecule has 0 aromatic carbocycles. The summed E-state index contributed by atoms with van der Waals surface area (Å²) in [5, 5.41) is 0. The molecule has 0 N–H and O–H groups in total. The van der Waals surface area contributed by atoms with E-state index in [1.54, 1.807) is 11.1 Å². The molecule has 1 atom stereocenters. The molecule has 1 aliphatic carbocycles. The van der Waals surface area contributed by atoms with Crippen LogP contribution in [0.15, 0.2) is 23.3 Å². The van der Waals surface area contributed by atoms with Gasteiger partial charge in [-0.1, -0.05) is 78.7 Å². The Balaban J connectivity index is 2.97. The van der Waals surface area contributed by atoms with E-state index in [1.807, 2.05) is 0 Å². The summed E-state index contributed by atoms with van der Waals surface area (Å²) in [7, 11) is 0. The maximum absolute atomic E-state index is 2.46. The van der Waals surface area contributed by atoms with Crippen LogP contribution in [0.2, 0.25) is 0 Å². The monoisotopic (exact) mass is 276 g/mol. The van der Waals surface area contributed by atoms with Crippen LogP contribution >= 0.6 is 0 Å². The second kappa shape index (κ2) is 6.50. The standard InChI is InChI=1S/C20H36/c1-15(2)18(14-19(3,4)5)16-10-9-11-17(13-12-16)20(6,7)8/h12-13,15,18H,9-11,14H2,1-8H3. The molecule has 116 valence electrons. The molecule has 1 rings (SSSR count). The van der Waals surface area contributed by atoms with Crippen molar-refractivity contribution in [1.82, 2.24) is 0 Å². The van der Waals surface area contributed by atoms with Gasteiger partial charge in [0.1, 0.15) is 0 Å². The highest BCUT2D eigenvalue weighted by atomic mass is 14.3. The molecule has 0 amide bonds. The van der Waals surface area contributed by atoms with Crippen molar-refractivity contribution < 1.29 is 0 Å². The highest BCUT2D eigenvalue weighted by molar-refractivity contribution is 5.26. The summed E-state index contributed by atoms with van der Waals surface area (Å²) in [5.41, 5.74) is 4.04. The smallest absolute Gasteiger partial charge is 0.0170 e. The predicted molar refractivity (Wildman–Crippen MR) is 91.9 cm³/mol. The molecular formula is C20H36.